The van der Waals surface area contributed by atoms with E-state index in [9.17, 15) is 23.3 Å². The van der Waals surface area contributed by atoms with Gasteiger partial charge in [0.15, 0.2) is 9.84 Å². The molecular formula is C13H18N2O5S. The maximum atomic E-state index is 12.1. The van der Waals surface area contributed by atoms with Gasteiger partial charge in [0.1, 0.15) is 5.75 Å². The zero-order chi connectivity index (χ0) is 16.2. The van der Waals surface area contributed by atoms with E-state index in [1.165, 1.54) is 18.2 Å². The van der Waals surface area contributed by atoms with Gasteiger partial charge in [-0.3, -0.25) is 14.9 Å². The summed E-state index contributed by atoms with van der Waals surface area (Å²) in [6.45, 7) is 5.59. The van der Waals surface area contributed by atoms with Gasteiger partial charge in [-0.05, 0) is 18.9 Å². The monoisotopic (exact) mass is 314 g/mol. The molecule has 0 aliphatic carbocycles. The second-order valence-corrected chi connectivity index (χ2v) is 7.10. The van der Waals surface area contributed by atoms with Crippen molar-refractivity contribution >= 4 is 21.4 Å². The summed E-state index contributed by atoms with van der Waals surface area (Å²) in [5.41, 5.74) is -0.327. The highest BCUT2D eigenvalue weighted by atomic mass is 32.2. The van der Waals surface area contributed by atoms with Crippen LogP contribution >= 0.6 is 0 Å². The summed E-state index contributed by atoms with van der Waals surface area (Å²) in [5, 5.41) is 13.2. The topological polar surface area (TPSA) is 106 Å². The molecule has 0 saturated heterocycles. The Morgan fingerprint density at radius 1 is 1.33 bits per heavy atom. The van der Waals surface area contributed by atoms with Crippen molar-refractivity contribution in [3.05, 3.63) is 34.4 Å². The molecule has 0 bridgehead atoms. The van der Waals surface area contributed by atoms with Gasteiger partial charge in [0, 0.05) is 18.2 Å². The summed E-state index contributed by atoms with van der Waals surface area (Å²) in [5.74, 6) is -1.18. The van der Waals surface area contributed by atoms with Crippen molar-refractivity contribution < 1.29 is 18.1 Å². The van der Waals surface area contributed by atoms with Gasteiger partial charge in [0.2, 0.25) is 5.91 Å². The first kappa shape index (κ1) is 17.1. The lowest BCUT2D eigenvalue weighted by molar-refractivity contribution is -0.385. The predicted octanol–water partition coefficient (Wildman–Crippen LogP) is 1.53. The molecule has 8 heteroatoms. The number of nitro groups is 1. The van der Waals surface area contributed by atoms with Crippen LogP contribution in [-0.4, -0.2) is 31.0 Å². The zero-order valence-corrected chi connectivity index (χ0v) is 12.9. The first-order valence-electron chi connectivity index (χ1n) is 6.40. The first-order chi connectivity index (χ1) is 9.63. The maximum absolute atomic E-state index is 12.1. The molecule has 0 aliphatic heterocycles. The van der Waals surface area contributed by atoms with Crippen LogP contribution in [0.3, 0.4) is 0 Å². The van der Waals surface area contributed by atoms with Gasteiger partial charge in [-0.2, -0.15) is 0 Å². The highest BCUT2D eigenvalue weighted by Gasteiger charge is 2.22. The van der Waals surface area contributed by atoms with Gasteiger partial charge in [-0.1, -0.05) is 19.9 Å². The summed E-state index contributed by atoms with van der Waals surface area (Å²) < 4.78 is 24.2. The van der Waals surface area contributed by atoms with Crippen LogP contribution in [0.25, 0.3) is 0 Å². The third-order valence-electron chi connectivity index (χ3n) is 3.10. The Morgan fingerprint density at radius 3 is 2.48 bits per heavy atom. The van der Waals surface area contributed by atoms with Gasteiger partial charge in [0.05, 0.1) is 9.82 Å². The highest BCUT2D eigenvalue weighted by molar-refractivity contribution is 7.92. The Kier molecular flexibility index (Phi) is 5.42. The second kappa shape index (κ2) is 6.66. The lowest BCUT2D eigenvalue weighted by Crippen LogP contribution is -2.39. The summed E-state index contributed by atoms with van der Waals surface area (Å²) >= 11 is 0. The lowest BCUT2D eigenvalue weighted by Gasteiger charge is -2.17. The number of benzene rings is 1. The number of nitrogens with one attached hydrogen (secondary N) is 1. The molecule has 0 spiro atoms. The highest BCUT2D eigenvalue weighted by Crippen LogP contribution is 2.18. The van der Waals surface area contributed by atoms with Crippen molar-refractivity contribution in [2.45, 2.75) is 31.7 Å². The number of hydrogen-bond acceptors (Lipinski definition) is 5. The molecule has 1 amide bonds. The van der Waals surface area contributed by atoms with Gasteiger partial charge < -0.3 is 5.32 Å². The Balaban J connectivity index is 2.89. The quantitative estimate of drug-likeness (QED) is 0.633. The van der Waals surface area contributed by atoms with Crippen LogP contribution in [-0.2, 0) is 14.6 Å². The Bertz CT molecular complexity index is 640. The van der Waals surface area contributed by atoms with E-state index in [1.807, 2.05) is 13.8 Å². The number of nitrogens with zero attached hydrogens (tertiary/aromatic N) is 1. The fourth-order valence-electron chi connectivity index (χ4n) is 1.51. The molecule has 0 heterocycles. The summed E-state index contributed by atoms with van der Waals surface area (Å²) in [4.78, 5) is 21.5. The van der Waals surface area contributed by atoms with Crippen LogP contribution in [0.15, 0.2) is 29.2 Å². The summed E-state index contributed by atoms with van der Waals surface area (Å²) in [6, 6.07) is 4.51. The summed E-state index contributed by atoms with van der Waals surface area (Å²) in [6.07, 6.45) is 0. The molecule has 0 aliphatic rings. The molecule has 21 heavy (non-hydrogen) atoms. The number of non-ortho nitro benzene ring substituents is 1. The number of nitro benzene ring substituents is 1. The van der Waals surface area contributed by atoms with Crippen molar-refractivity contribution in [3.8, 4) is 0 Å². The van der Waals surface area contributed by atoms with Crippen LogP contribution in [0.4, 0.5) is 5.69 Å². The second-order valence-electron chi connectivity index (χ2n) is 5.11. The fourth-order valence-corrected chi connectivity index (χ4v) is 2.69. The minimum absolute atomic E-state index is 0.155. The van der Waals surface area contributed by atoms with Crippen molar-refractivity contribution in [3.63, 3.8) is 0 Å². The third-order valence-corrected chi connectivity index (χ3v) is 4.71. The van der Waals surface area contributed by atoms with Crippen molar-refractivity contribution in [1.29, 1.82) is 0 Å². The molecule has 0 radical (unpaired) electrons. The molecule has 1 unspecified atom stereocenters. The normalized spacial score (nSPS) is 13.0. The van der Waals surface area contributed by atoms with Crippen molar-refractivity contribution in [1.82, 2.24) is 5.32 Å². The van der Waals surface area contributed by atoms with Crippen LogP contribution in [0.5, 0.6) is 0 Å². The molecule has 1 aromatic rings. The SMILES string of the molecule is CC(C)C(C)NC(=O)CS(=O)(=O)c1cccc([N+](=O)[O-])c1. The van der Waals surface area contributed by atoms with Crippen LogP contribution in [0.1, 0.15) is 20.8 Å². The molecule has 0 saturated carbocycles. The average molecular weight is 314 g/mol. The van der Waals surface area contributed by atoms with E-state index >= 15 is 0 Å². The van der Waals surface area contributed by atoms with E-state index in [0.29, 0.717) is 0 Å². The minimum atomic E-state index is -3.90. The lowest BCUT2D eigenvalue weighted by atomic mass is 10.1. The van der Waals surface area contributed by atoms with Gasteiger partial charge >= 0.3 is 0 Å². The molecule has 116 valence electrons. The van der Waals surface area contributed by atoms with E-state index in [2.05, 4.69) is 5.32 Å². The average Bonchev–Trinajstić information content (AvgIpc) is 2.37. The van der Waals surface area contributed by atoms with Crippen LogP contribution in [0.2, 0.25) is 0 Å². The van der Waals surface area contributed by atoms with Gasteiger partial charge in [-0.25, -0.2) is 8.42 Å². The van der Waals surface area contributed by atoms with Crippen molar-refractivity contribution in [2.24, 2.45) is 5.92 Å². The third kappa shape index (κ3) is 4.82. The largest absolute Gasteiger partial charge is 0.353 e. The number of amides is 1. The maximum Gasteiger partial charge on any atom is 0.270 e. The number of carbonyl (C=O) groups excluding carboxylic acids is 1. The zero-order valence-electron chi connectivity index (χ0n) is 12.1. The molecule has 7 nitrogen and oxygen atoms in total. The Labute approximate surface area is 123 Å². The van der Waals surface area contributed by atoms with Gasteiger partial charge in [-0.15, -0.1) is 0 Å². The molecule has 1 atom stereocenters. The number of carbonyl (C=O) groups is 1. The minimum Gasteiger partial charge on any atom is -0.353 e. The van der Waals surface area contributed by atoms with Gasteiger partial charge in [0.25, 0.3) is 5.69 Å². The van der Waals surface area contributed by atoms with Crippen LogP contribution in [0, 0.1) is 16.0 Å². The molecule has 0 fully saturated rings. The molecule has 1 aromatic carbocycles. The van der Waals surface area contributed by atoms with E-state index in [4.69, 9.17) is 0 Å². The summed E-state index contributed by atoms with van der Waals surface area (Å²) in [7, 11) is -3.90. The Morgan fingerprint density at radius 2 is 1.95 bits per heavy atom. The number of rotatable bonds is 6. The molecular weight excluding hydrogens is 296 g/mol. The predicted molar refractivity (Wildman–Crippen MR) is 77.6 cm³/mol. The molecule has 1 rings (SSSR count). The van der Waals surface area contributed by atoms with E-state index in [-0.39, 0.29) is 22.5 Å². The number of hydrogen-bond donors (Lipinski definition) is 1. The smallest absolute Gasteiger partial charge is 0.270 e. The molecule has 1 N–H and O–H groups in total. The fraction of sp³-hybridized carbons (Fsp3) is 0.462. The standard InChI is InChI=1S/C13H18N2O5S/c1-9(2)10(3)14-13(16)8-21(19,20)12-6-4-5-11(7-12)15(17)18/h4-7,9-10H,8H2,1-3H3,(H,14,16). The first-order valence-corrected chi connectivity index (χ1v) is 8.05. The van der Waals surface area contributed by atoms with E-state index < -0.39 is 26.4 Å². The number of sulfone groups is 1. The van der Waals surface area contributed by atoms with E-state index in [0.717, 1.165) is 6.07 Å². The van der Waals surface area contributed by atoms with Crippen LogP contribution < -0.4 is 5.32 Å². The molecule has 0 aromatic heterocycles. The Hall–Kier alpha value is -1.96. The van der Waals surface area contributed by atoms with E-state index in [1.54, 1.807) is 6.92 Å². The van der Waals surface area contributed by atoms with Crippen molar-refractivity contribution in [2.75, 3.05) is 5.75 Å².